The van der Waals surface area contributed by atoms with Crippen molar-refractivity contribution < 1.29 is 9.59 Å². The Hall–Kier alpha value is -2.79. The molecule has 0 radical (unpaired) electrons. The Morgan fingerprint density at radius 3 is 2.61 bits per heavy atom. The van der Waals surface area contributed by atoms with Crippen LogP contribution in [0.2, 0.25) is 5.02 Å². The Morgan fingerprint density at radius 2 is 1.97 bits per heavy atom. The van der Waals surface area contributed by atoms with Crippen molar-refractivity contribution in [1.82, 2.24) is 14.5 Å². The molecule has 1 aliphatic rings. The zero-order chi connectivity index (χ0) is 26.0. The van der Waals surface area contributed by atoms with Gasteiger partial charge in [-0.25, -0.2) is 8.10 Å². The summed E-state index contributed by atoms with van der Waals surface area (Å²) in [6, 6.07) is 11.0. The number of amides is 2. The van der Waals surface area contributed by atoms with E-state index in [0.717, 1.165) is 36.2 Å². The van der Waals surface area contributed by atoms with E-state index in [1.807, 2.05) is 82.6 Å². The van der Waals surface area contributed by atoms with E-state index >= 15 is 0 Å². The summed E-state index contributed by atoms with van der Waals surface area (Å²) in [7, 11) is 5.73. The number of imidazole rings is 1. The van der Waals surface area contributed by atoms with Crippen LogP contribution in [-0.4, -0.2) is 60.5 Å². The van der Waals surface area contributed by atoms with Crippen molar-refractivity contribution in [2.24, 2.45) is 0 Å². The van der Waals surface area contributed by atoms with Crippen LogP contribution in [0.3, 0.4) is 0 Å². The molecule has 3 aromatic rings. The molecule has 36 heavy (non-hydrogen) atoms. The van der Waals surface area contributed by atoms with Gasteiger partial charge in [0.1, 0.15) is 0 Å². The fourth-order valence-corrected chi connectivity index (χ4v) is 5.71. The van der Waals surface area contributed by atoms with Crippen molar-refractivity contribution in [3.63, 3.8) is 0 Å². The fraction of sp³-hybridized carbons (Fsp3) is 0.346. The van der Waals surface area contributed by atoms with Gasteiger partial charge >= 0.3 is 0 Å². The van der Waals surface area contributed by atoms with Crippen LogP contribution >= 0.6 is 34.5 Å². The minimum absolute atomic E-state index is 0.100. The molecule has 1 aliphatic heterocycles. The summed E-state index contributed by atoms with van der Waals surface area (Å²) in [6.45, 7) is 4.82. The highest BCUT2D eigenvalue weighted by molar-refractivity contribution is 14.1. The van der Waals surface area contributed by atoms with Gasteiger partial charge in [-0.2, -0.15) is 0 Å². The number of halogens is 2. The van der Waals surface area contributed by atoms with Crippen LogP contribution in [0.15, 0.2) is 49.1 Å². The molecule has 0 aliphatic carbocycles. The number of aromatic nitrogens is 2. The second kappa shape index (κ2) is 11.1. The summed E-state index contributed by atoms with van der Waals surface area (Å²) in [5.74, 6) is 0.201. The molecule has 190 valence electrons. The van der Waals surface area contributed by atoms with Crippen molar-refractivity contribution in [2.45, 2.75) is 25.3 Å². The summed E-state index contributed by atoms with van der Waals surface area (Å²) in [5.41, 5.74) is 3.66. The van der Waals surface area contributed by atoms with E-state index in [1.54, 1.807) is 15.2 Å². The molecular formula is C26H30ClIN6O2. The zero-order valence-electron chi connectivity index (χ0n) is 20.7. The minimum atomic E-state index is -0.182. The lowest BCUT2D eigenvalue weighted by Gasteiger charge is -2.28. The van der Waals surface area contributed by atoms with E-state index < -0.39 is 0 Å². The molecule has 1 aromatic heterocycles. The maximum absolute atomic E-state index is 13.5. The Morgan fingerprint density at radius 1 is 1.25 bits per heavy atom. The van der Waals surface area contributed by atoms with Crippen LogP contribution in [0.5, 0.6) is 0 Å². The first-order valence-electron chi connectivity index (χ1n) is 11.8. The Bertz CT molecular complexity index is 1290. The zero-order valence-corrected chi connectivity index (χ0v) is 23.6. The summed E-state index contributed by atoms with van der Waals surface area (Å²) >= 11 is 9.06. The molecule has 1 fully saturated rings. The average Bonchev–Trinajstić information content (AvgIpc) is 3.10. The van der Waals surface area contributed by atoms with E-state index in [9.17, 15) is 9.59 Å². The average molecular weight is 621 g/mol. The third-order valence-electron chi connectivity index (χ3n) is 6.48. The molecule has 4 rings (SSSR count). The molecule has 10 heteroatoms. The van der Waals surface area contributed by atoms with E-state index in [4.69, 9.17) is 16.6 Å². The second-order valence-corrected chi connectivity index (χ2v) is 10.3. The molecule has 1 saturated heterocycles. The van der Waals surface area contributed by atoms with Crippen LogP contribution in [0.4, 0.5) is 17.3 Å². The van der Waals surface area contributed by atoms with Crippen molar-refractivity contribution in [2.75, 3.05) is 47.6 Å². The molecule has 0 spiro atoms. The van der Waals surface area contributed by atoms with Crippen molar-refractivity contribution in [3.8, 4) is 0 Å². The highest BCUT2D eigenvalue weighted by Crippen LogP contribution is 2.43. The monoisotopic (exact) mass is 620 g/mol. The lowest BCUT2D eigenvalue weighted by atomic mass is 10.1. The first-order valence-corrected chi connectivity index (χ1v) is 13.2. The number of nitrogens with one attached hydrogen (secondary N) is 1. The van der Waals surface area contributed by atoms with Gasteiger partial charge in [-0.1, -0.05) is 36.4 Å². The highest BCUT2D eigenvalue weighted by atomic mass is 127. The normalized spacial score (nSPS) is 15.9. The van der Waals surface area contributed by atoms with Gasteiger partial charge in [0.2, 0.25) is 11.9 Å². The van der Waals surface area contributed by atoms with E-state index in [1.165, 1.54) is 6.08 Å². The maximum atomic E-state index is 13.5. The highest BCUT2D eigenvalue weighted by Gasteiger charge is 2.31. The van der Waals surface area contributed by atoms with Crippen molar-refractivity contribution >= 4 is 74.6 Å². The summed E-state index contributed by atoms with van der Waals surface area (Å²) < 4.78 is 3.59. The third kappa shape index (κ3) is 4.90. The minimum Gasteiger partial charge on any atom is -0.385 e. The molecule has 2 amide bonds. The lowest BCUT2D eigenvalue weighted by Crippen LogP contribution is -2.35. The first-order chi connectivity index (χ1) is 17.3. The van der Waals surface area contributed by atoms with Crippen LogP contribution < -0.4 is 13.3 Å². The van der Waals surface area contributed by atoms with Crippen LogP contribution in [0.1, 0.15) is 35.7 Å². The Kier molecular flexibility index (Phi) is 8.09. The van der Waals surface area contributed by atoms with E-state index in [2.05, 4.69) is 11.9 Å². The largest absolute Gasteiger partial charge is 0.385 e. The molecule has 2 aromatic carbocycles. The van der Waals surface area contributed by atoms with Crippen LogP contribution in [0.25, 0.3) is 11.0 Å². The van der Waals surface area contributed by atoms with E-state index in [-0.39, 0.29) is 17.9 Å². The number of anilines is 3. The van der Waals surface area contributed by atoms with Crippen molar-refractivity contribution in [1.29, 1.82) is 0 Å². The van der Waals surface area contributed by atoms with Gasteiger partial charge in [0.25, 0.3) is 5.91 Å². The summed E-state index contributed by atoms with van der Waals surface area (Å²) in [6.07, 6.45) is 4.01. The van der Waals surface area contributed by atoms with Gasteiger partial charge in [-0.05, 0) is 43.5 Å². The number of carbonyl (C=O) groups is 2. The summed E-state index contributed by atoms with van der Waals surface area (Å²) in [5, 5.41) is 3.76. The van der Waals surface area contributed by atoms with Gasteiger partial charge < -0.3 is 19.7 Å². The van der Waals surface area contributed by atoms with Crippen LogP contribution in [0, 0.1) is 0 Å². The van der Waals surface area contributed by atoms with Gasteiger partial charge in [-0.15, -0.1) is 0 Å². The molecule has 2 heterocycles. The number of nitrogens with zero attached hydrogens (tertiary/aromatic N) is 5. The number of likely N-dealkylation sites (tertiary alicyclic amines) is 1. The number of hydrogen-bond donors (Lipinski definition) is 1. The second-order valence-electron chi connectivity index (χ2n) is 8.97. The SMILES string of the molecule is C=CC(=O)N1CCCC[C@@H](n2c(N(I)C(=O)c3ccccc3)nc3cc(N(C)C)c(NC)c(Cl)c32)C1. The maximum Gasteiger partial charge on any atom is 0.269 e. The number of carbonyl (C=O) groups excluding carboxylic acids is 2. The smallest absolute Gasteiger partial charge is 0.269 e. The van der Waals surface area contributed by atoms with Gasteiger partial charge in [0.15, 0.2) is 0 Å². The Labute approximate surface area is 230 Å². The van der Waals surface area contributed by atoms with Gasteiger partial charge in [0, 0.05) is 39.8 Å². The topological polar surface area (TPSA) is 73.7 Å². The molecular weight excluding hydrogens is 591 g/mol. The van der Waals surface area contributed by atoms with Crippen molar-refractivity contribution in [3.05, 3.63) is 59.6 Å². The predicted octanol–water partition coefficient (Wildman–Crippen LogP) is 5.53. The first kappa shape index (κ1) is 26.3. The number of fused-ring (bicyclic) bond motifs is 1. The van der Waals surface area contributed by atoms with E-state index in [0.29, 0.717) is 35.1 Å². The molecule has 0 saturated carbocycles. The standard InChI is InChI=1S/C26H30ClIN6O2/c1-5-21(35)32-14-10-9-13-18(16-32)33-24-19(15-20(31(3)4)23(29-2)22(24)27)30-26(33)34(28)25(36)17-11-7-6-8-12-17/h5-8,11-12,15,18,29H,1,9-10,13-14,16H2,2-4H3/t18-/m1/s1. The lowest BCUT2D eigenvalue weighted by molar-refractivity contribution is -0.126. The molecule has 1 N–H and O–H groups in total. The van der Waals surface area contributed by atoms with Gasteiger partial charge in [0.05, 0.1) is 56.3 Å². The fourth-order valence-electron chi connectivity index (χ4n) is 4.71. The van der Waals surface area contributed by atoms with Gasteiger partial charge in [-0.3, -0.25) is 9.59 Å². The molecule has 0 unspecified atom stereocenters. The number of benzene rings is 2. The molecule has 0 bridgehead atoms. The predicted molar refractivity (Wildman–Crippen MR) is 156 cm³/mol. The van der Waals surface area contributed by atoms with Crippen LogP contribution in [-0.2, 0) is 4.79 Å². The summed E-state index contributed by atoms with van der Waals surface area (Å²) in [4.78, 5) is 34.8. The number of hydrogen-bond acceptors (Lipinski definition) is 5. The third-order valence-corrected chi connectivity index (χ3v) is 7.72. The molecule has 8 nitrogen and oxygen atoms in total. The Balaban J connectivity index is 1.94. The molecule has 1 atom stereocenters. The quantitative estimate of drug-likeness (QED) is 0.223. The number of rotatable bonds is 6.